The number of rotatable bonds is 4. The van der Waals surface area contributed by atoms with E-state index in [1.54, 1.807) is 0 Å². The molecule has 0 spiro atoms. The van der Waals surface area contributed by atoms with Gasteiger partial charge in [-0.1, -0.05) is 40.6 Å². The summed E-state index contributed by atoms with van der Waals surface area (Å²) in [5.41, 5.74) is 0.664. The van der Waals surface area contributed by atoms with E-state index < -0.39 is 11.9 Å². The summed E-state index contributed by atoms with van der Waals surface area (Å²) in [7, 11) is 2.72. The Hall–Kier alpha value is -2.28. The van der Waals surface area contributed by atoms with E-state index in [2.05, 4.69) is 10.3 Å². The van der Waals surface area contributed by atoms with Crippen LogP contribution in [0.25, 0.3) is 0 Å². The fraction of sp³-hybridized carbons (Fsp3) is 0.308. The molecule has 0 saturated carbocycles. The van der Waals surface area contributed by atoms with Crippen LogP contribution in [-0.4, -0.2) is 40.1 Å². The first-order valence-corrected chi connectivity index (χ1v) is 6.04. The second kappa shape index (κ2) is 5.79. The Bertz CT molecular complexity index is 600. The average molecular weight is 278 g/mol. The maximum atomic E-state index is 13.7. The second-order valence-electron chi connectivity index (χ2n) is 4.25. The van der Waals surface area contributed by atoms with Gasteiger partial charge in [0.25, 0.3) is 11.9 Å². The predicted molar refractivity (Wildman–Crippen MR) is 69.3 cm³/mol. The molecule has 6 nitrogen and oxygen atoms in total. The van der Waals surface area contributed by atoms with Crippen LogP contribution in [0, 0.1) is 5.95 Å². The molecule has 0 radical (unpaired) electrons. The molecule has 7 heteroatoms. The summed E-state index contributed by atoms with van der Waals surface area (Å²) in [5.74, 6) is -1.56. The highest BCUT2D eigenvalue weighted by atomic mass is 19.1. The van der Waals surface area contributed by atoms with Gasteiger partial charge in [-0.15, -0.1) is 0 Å². The number of halogens is 1. The molecule has 2 rings (SSSR count). The number of benzene rings is 1. The molecule has 2 aromatic rings. The Morgan fingerprint density at radius 3 is 2.65 bits per heavy atom. The Kier molecular flexibility index (Phi) is 4.09. The molecule has 0 bridgehead atoms. The molecule has 0 aliphatic rings. The summed E-state index contributed by atoms with van der Waals surface area (Å²) in [6.45, 7) is 1.81. The van der Waals surface area contributed by atoms with Gasteiger partial charge in [0.15, 0.2) is 5.69 Å². The maximum Gasteiger partial charge on any atom is 0.300 e. The van der Waals surface area contributed by atoms with Crippen LogP contribution < -0.4 is 0 Å². The first-order valence-electron chi connectivity index (χ1n) is 6.04. The van der Waals surface area contributed by atoms with Crippen LogP contribution >= 0.6 is 0 Å². The van der Waals surface area contributed by atoms with Crippen molar-refractivity contribution in [1.29, 1.82) is 0 Å². The fourth-order valence-corrected chi connectivity index (χ4v) is 1.84. The van der Waals surface area contributed by atoms with Crippen LogP contribution in [0.2, 0.25) is 0 Å². The average Bonchev–Trinajstić information content (AvgIpc) is 2.87. The molecule has 0 fully saturated rings. The zero-order valence-corrected chi connectivity index (χ0v) is 11.4. The van der Waals surface area contributed by atoms with Gasteiger partial charge in [-0.25, -0.2) is 9.75 Å². The highest BCUT2D eigenvalue weighted by Crippen LogP contribution is 2.20. The minimum absolute atomic E-state index is 0.231. The lowest BCUT2D eigenvalue weighted by Crippen LogP contribution is -2.29. The molecule has 1 aromatic heterocycles. The SMILES string of the molecule is CON(C)C(=O)c1c(F)nnn1[C@H](C)c1ccccc1. The number of hydrogen-bond donors (Lipinski definition) is 0. The van der Waals surface area contributed by atoms with Crippen LogP contribution in [0.5, 0.6) is 0 Å². The molecule has 0 N–H and O–H groups in total. The molecule has 1 aromatic carbocycles. The minimum Gasteiger partial charge on any atom is -0.274 e. The summed E-state index contributed by atoms with van der Waals surface area (Å²) in [5, 5.41) is 7.99. The van der Waals surface area contributed by atoms with E-state index in [1.165, 1.54) is 18.8 Å². The highest BCUT2D eigenvalue weighted by molar-refractivity contribution is 5.91. The summed E-state index contributed by atoms with van der Waals surface area (Å²) in [6.07, 6.45) is 0. The summed E-state index contributed by atoms with van der Waals surface area (Å²) in [6, 6.07) is 9.03. The third-order valence-corrected chi connectivity index (χ3v) is 3.06. The van der Waals surface area contributed by atoms with Crippen molar-refractivity contribution >= 4 is 5.91 Å². The number of hydroxylamine groups is 2. The van der Waals surface area contributed by atoms with Gasteiger partial charge in [-0.3, -0.25) is 9.63 Å². The Morgan fingerprint density at radius 2 is 2.05 bits per heavy atom. The number of carbonyl (C=O) groups excluding carboxylic acids is 1. The zero-order chi connectivity index (χ0) is 14.7. The van der Waals surface area contributed by atoms with Crippen molar-refractivity contribution in [1.82, 2.24) is 20.1 Å². The lowest BCUT2D eigenvalue weighted by molar-refractivity contribution is -0.0767. The van der Waals surface area contributed by atoms with E-state index in [4.69, 9.17) is 4.84 Å². The third-order valence-electron chi connectivity index (χ3n) is 3.06. The molecule has 0 unspecified atom stereocenters. The Labute approximate surface area is 115 Å². The first-order chi connectivity index (χ1) is 9.56. The van der Waals surface area contributed by atoms with Gasteiger partial charge in [0.05, 0.1) is 13.2 Å². The van der Waals surface area contributed by atoms with Crippen LogP contribution in [0.4, 0.5) is 4.39 Å². The molecule has 1 heterocycles. The second-order valence-corrected chi connectivity index (χ2v) is 4.25. The lowest BCUT2D eigenvalue weighted by atomic mass is 10.1. The molecule has 0 aliphatic carbocycles. The van der Waals surface area contributed by atoms with Crippen molar-refractivity contribution in [3.05, 3.63) is 47.5 Å². The van der Waals surface area contributed by atoms with Crippen LogP contribution in [-0.2, 0) is 4.84 Å². The molecule has 1 atom stereocenters. The van der Waals surface area contributed by atoms with Gasteiger partial charge < -0.3 is 0 Å². The van der Waals surface area contributed by atoms with Crippen LogP contribution in [0.3, 0.4) is 0 Å². The molecule has 1 amide bonds. The van der Waals surface area contributed by atoms with E-state index in [1.807, 2.05) is 37.3 Å². The Balaban J connectivity index is 2.41. The lowest BCUT2D eigenvalue weighted by Gasteiger charge is -2.17. The number of aromatic nitrogens is 3. The summed E-state index contributed by atoms with van der Waals surface area (Å²) >= 11 is 0. The molecule has 0 aliphatic heterocycles. The molecule has 106 valence electrons. The maximum absolute atomic E-state index is 13.7. The minimum atomic E-state index is -0.915. The fourth-order valence-electron chi connectivity index (χ4n) is 1.84. The van der Waals surface area contributed by atoms with Gasteiger partial charge in [0.2, 0.25) is 0 Å². The quantitative estimate of drug-likeness (QED) is 0.798. The number of amides is 1. The third kappa shape index (κ3) is 2.53. The molecule has 0 saturated heterocycles. The highest BCUT2D eigenvalue weighted by Gasteiger charge is 2.27. The molecular weight excluding hydrogens is 263 g/mol. The van der Waals surface area contributed by atoms with Gasteiger partial charge >= 0.3 is 0 Å². The van der Waals surface area contributed by atoms with Crippen molar-refractivity contribution < 1.29 is 14.0 Å². The molecular formula is C13H15FN4O2. The zero-order valence-electron chi connectivity index (χ0n) is 11.4. The van der Waals surface area contributed by atoms with Crippen molar-refractivity contribution in [3.63, 3.8) is 0 Å². The van der Waals surface area contributed by atoms with E-state index in [0.717, 1.165) is 10.6 Å². The van der Waals surface area contributed by atoms with Crippen molar-refractivity contribution in [2.75, 3.05) is 14.2 Å². The van der Waals surface area contributed by atoms with Gasteiger partial charge in [-0.05, 0) is 12.5 Å². The van der Waals surface area contributed by atoms with E-state index in [-0.39, 0.29) is 11.7 Å². The predicted octanol–water partition coefficient (Wildman–Crippen LogP) is 1.66. The van der Waals surface area contributed by atoms with Gasteiger partial charge in [0, 0.05) is 7.05 Å². The topological polar surface area (TPSA) is 60.2 Å². The summed E-state index contributed by atoms with van der Waals surface area (Å²) in [4.78, 5) is 16.9. The van der Waals surface area contributed by atoms with Gasteiger partial charge in [-0.2, -0.15) is 4.39 Å². The monoisotopic (exact) mass is 278 g/mol. The number of hydrogen-bond acceptors (Lipinski definition) is 4. The van der Waals surface area contributed by atoms with E-state index >= 15 is 0 Å². The van der Waals surface area contributed by atoms with Crippen molar-refractivity contribution in [2.24, 2.45) is 0 Å². The smallest absolute Gasteiger partial charge is 0.274 e. The number of nitrogens with zero attached hydrogens (tertiary/aromatic N) is 4. The number of carbonyl (C=O) groups is 1. The van der Waals surface area contributed by atoms with Crippen LogP contribution in [0.1, 0.15) is 29.0 Å². The van der Waals surface area contributed by atoms with Crippen molar-refractivity contribution in [3.8, 4) is 0 Å². The largest absolute Gasteiger partial charge is 0.300 e. The molecule has 20 heavy (non-hydrogen) atoms. The van der Waals surface area contributed by atoms with E-state index in [9.17, 15) is 9.18 Å². The van der Waals surface area contributed by atoms with E-state index in [0.29, 0.717) is 0 Å². The van der Waals surface area contributed by atoms with Gasteiger partial charge in [0.1, 0.15) is 0 Å². The van der Waals surface area contributed by atoms with Crippen LogP contribution in [0.15, 0.2) is 30.3 Å². The van der Waals surface area contributed by atoms with Crippen molar-refractivity contribution in [2.45, 2.75) is 13.0 Å². The summed E-state index contributed by atoms with van der Waals surface area (Å²) < 4.78 is 15.0. The Morgan fingerprint density at radius 1 is 1.40 bits per heavy atom. The first kappa shape index (κ1) is 14.1. The normalized spacial score (nSPS) is 12.2. The standard InChI is InChI=1S/C13H15FN4O2/c1-9(10-7-5-4-6-8-10)18-11(12(14)15-16-18)13(19)17(2)20-3/h4-9H,1-3H3/t9-/m1/s1.